The van der Waals surface area contributed by atoms with Crippen molar-refractivity contribution in [1.29, 1.82) is 0 Å². The van der Waals surface area contributed by atoms with Gasteiger partial charge in [0.2, 0.25) is 5.88 Å². The second-order valence-corrected chi connectivity index (χ2v) is 7.18. The number of morpholine rings is 1. The van der Waals surface area contributed by atoms with Crippen molar-refractivity contribution >= 4 is 11.3 Å². The van der Waals surface area contributed by atoms with Crippen LogP contribution in [0.15, 0.2) is 41.2 Å². The Bertz CT molecular complexity index is 605. The van der Waals surface area contributed by atoms with Gasteiger partial charge in [-0.15, -0.1) is 0 Å². The number of thiophene rings is 1. The minimum Gasteiger partial charge on any atom is -0.477 e. The maximum Gasteiger partial charge on any atom is 0.213 e. The third-order valence-corrected chi connectivity index (χ3v) is 5.55. The first kappa shape index (κ1) is 15.1. The van der Waals surface area contributed by atoms with E-state index in [1.54, 1.807) is 17.5 Å². The Morgan fingerprint density at radius 1 is 1.30 bits per heavy atom. The number of aromatic nitrogens is 1. The highest BCUT2D eigenvalue weighted by atomic mass is 32.1. The van der Waals surface area contributed by atoms with Gasteiger partial charge in [0.05, 0.1) is 19.3 Å². The van der Waals surface area contributed by atoms with Crippen LogP contribution in [0.25, 0.3) is 0 Å². The van der Waals surface area contributed by atoms with E-state index < -0.39 is 0 Å². The van der Waals surface area contributed by atoms with Crippen molar-refractivity contribution < 1.29 is 9.47 Å². The average Bonchev–Trinajstić information content (AvgIpc) is 3.23. The second kappa shape index (κ2) is 6.99. The molecule has 0 N–H and O–H groups in total. The molecule has 5 heteroatoms. The standard InChI is InChI=1S/C18H22N2O2S/c1-2-5-19-18(3-1)22-12-15-9-16-17(10-15)21-7-6-20(16)11-14-4-8-23-13-14/h1-5,8,13,15-17H,6-7,9-12H2/t15-,16+,17-/m0/s1. The zero-order valence-electron chi connectivity index (χ0n) is 13.1. The first-order valence-electron chi connectivity index (χ1n) is 8.29. The van der Waals surface area contributed by atoms with Gasteiger partial charge in [-0.25, -0.2) is 4.98 Å². The molecule has 0 unspecified atom stereocenters. The van der Waals surface area contributed by atoms with Gasteiger partial charge in [0.15, 0.2) is 0 Å². The zero-order chi connectivity index (χ0) is 15.5. The van der Waals surface area contributed by atoms with Crippen LogP contribution >= 0.6 is 11.3 Å². The number of pyridine rings is 1. The summed E-state index contributed by atoms with van der Waals surface area (Å²) in [5.74, 6) is 1.27. The molecule has 3 atom stereocenters. The highest BCUT2D eigenvalue weighted by Crippen LogP contribution is 2.35. The summed E-state index contributed by atoms with van der Waals surface area (Å²) in [6.45, 7) is 3.66. The van der Waals surface area contributed by atoms with Gasteiger partial charge in [0, 0.05) is 31.4 Å². The maximum absolute atomic E-state index is 6.02. The third-order valence-electron chi connectivity index (χ3n) is 4.82. The number of hydrogen-bond acceptors (Lipinski definition) is 5. The Hall–Kier alpha value is -1.43. The van der Waals surface area contributed by atoms with Crippen molar-refractivity contribution in [2.45, 2.75) is 31.5 Å². The van der Waals surface area contributed by atoms with Crippen LogP contribution in [-0.2, 0) is 11.3 Å². The molecule has 0 aromatic carbocycles. The third kappa shape index (κ3) is 3.57. The molecule has 4 rings (SSSR count). The summed E-state index contributed by atoms with van der Waals surface area (Å²) in [5.41, 5.74) is 1.42. The lowest BCUT2D eigenvalue weighted by Gasteiger charge is -2.37. The first-order valence-corrected chi connectivity index (χ1v) is 9.23. The fourth-order valence-electron chi connectivity index (χ4n) is 3.71. The van der Waals surface area contributed by atoms with Crippen LogP contribution in [0.3, 0.4) is 0 Å². The van der Waals surface area contributed by atoms with E-state index in [4.69, 9.17) is 9.47 Å². The van der Waals surface area contributed by atoms with E-state index in [1.807, 2.05) is 18.2 Å². The molecule has 2 fully saturated rings. The molecular weight excluding hydrogens is 308 g/mol. The number of nitrogens with zero attached hydrogens (tertiary/aromatic N) is 2. The van der Waals surface area contributed by atoms with Crippen LogP contribution in [0.1, 0.15) is 18.4 Å². The summed E-state index contributed by atoms with van der Waals surface area (Å²) in [7, 11) is 0. The van der Waals surface area contributed by atoms with Crippen molar-refractivity contribution in [1.82, 2.24) is 9.88 Å². The second-order valence-electron chi connectivity index (χ2n) is 6.40. The van der Waals surface area contributed by atoms with Crippen molar-refractivity contribution in [3.8, 4) is 5.88 Å². The molecule has 2 aromatic rings. The number of ether oxygens (including phenoxy) is 2. The van der Waals surface area contributed by atoms with E-state index in [-0.39, 0.29) is 0 Å². The summed E-state index contributed by atoms with van der Waals surface area (Å²) in [5, 5.41) is 4.41. The number of hydrogen-bond donors (Lipinski definition) is 0. The average molecular weight is 330 g/mol. The van der Waals surface area contributed by atoms with Crippen molar-refractivity contribution in [2.24, 2.45) is 5.92 Å². The SMILES string of the molecule is c1ccc(OC[C@@H]2C[C@@H]3OCCN(Cc4ccsc4)[C@@H]3C2)nc1. The van der Waals surface area contributed by atoms with Crippen LogP contribution in [0.5, 0.6) is 5.88 Å². The summed E-state index contributed by atoms with van der Waals surface area (Å²) in [4.78, 5) is 6.83. The summed E-state index contributed by atoms with van der Waals surface area (Å²) < 4.78 is 11.9. The van der Waals surface area contributed by atoms with Gasteiger partial charge >= 0.3 is 0 Å². The van der Waals surface area contributed by atoms with E-state index in [1.165, 1.54) is 5.56 Å². The molecule has 23 heavy (non-hydrogen) atoms. The lowest BCUT2D eigenvalue weighted by atomic mass is 10.1. The molecular formula is C18H22N2O2S. The fourth-order valence-corrected chi connectivity index (χ4v) is 4.37. The molecule has 0 amide bonds. The van der Waals surface area contributed by atoms with E-state index in [0.29, 0.717) is 18.1 Å². The summed E-state index contributed by atoms with van der Waals surface area (Å²) in [6.07, 6.45) is 4.38. The molecule has 3 heterocycles. The first-order chi connectivity index (χ1) is 11.4. The highest BCUT2D eigenvalue weighted by molar-refractivity contribution is 7.07. The highest BCUT2D eigenvalue weighted by Gasteiger charge is 2.41. The van der Waals surface area contributed by atoms with Crippen LogP contribution in [0.4, 0.5) is 0 Å². The lowest BCUT2D eigenvalue weighted by molar-refractivity contribution is -0.0589. The van der Waals surface area contributed by atoms with Crippen molar-refractivity contribution in [3.63, 3.8) is 0 Å². The van der Waals surface area contributed by atoms with E-state index in [2.05, 4.69) is 26.7 Å². The zero-order valence-corrected chi connectivity index (χ0v) is 14.0. The molecule has 0 spiro atoms. The van der Waals surface area contributed by atoms with Crippen molar-refractivity contribution in [2.75, 3.05) is 19.8 Å². The molecule has 2 aromatic heterocycles. The summed E-state index contributed by atoms with van der Waals surface area (Å²) in [6, 6.07) is 8.55. The van der Waals surface area contributed by atoms with E-state index in [0.717, 1.165) is 45.0 Å². The Balaban J connectivity index is 1.35. The van der Waals surface area contributed by atoms with Crippen LogP contribution in [0.2, 0.25) is 0 Å². The topological polar surface area (TPSA) is 34.6 Å². The van der Waals surface area contributed by atoms with Crippen LogP contribution in [0, 0.1) is 5.92 Å². The smallest absolute Gasteiger partial charge is 0.213 e. The minimum absolute atomic E-state index is 0.361. The van der Waals surface area contributed by atoms with Crippen molar-refractivity contribution in [3.05, 3.63) is 46.8 Å². The quantitative estimate of drug-likeness (QED) is 0.843. The molecule has 0 radical (unpaired) electrons. The monoisotopic (exact) mass is 330 g/mol. The van der Waals surface area contributed by atoms with Gasteiger partial charge in [0.1, 0.15) is 0 Å². The molecule has 1 aliphatic heterocycles. The van der Waals surface area contributed by atoms with Gasteiger partial charge in [-0.1, -0.05) is 6.07 Å². The van der Waals surface area contributed by atoms with Gasteiger partial charge in [0.25, 0.3) is 0 Å². The molecule has 2 aliphatic rings. The van der Waals surface area contributed by atoms with Gasteiger partial charge < -0.3 is 9.47 Å². The Morgan fingerprint density at radius 2 is 2.30 bits per heavy atom. The van der Waals surface area contributed by atoms with E-state index in [9.17, 15) is 0 Å². The predicted molar refractivity (Wildman–Crippen MR) is 90.7 cm³/mol. The number of fused-ring (bicyclic) bond motifs is 1. The number of rotatable bonds is 5. The molecule has 4 nitrogen and oxygen atoms in total. The normalized spacial score (nSPS) is 27.7. The maximum atomic E-state index is 6.02. The predicted octanol–water partition coefficient (Wildman–Crippen LogP) is 3.20. The van der Waals surface area contributed by atoms with Gasteiger partial charge in [-0.3, -0.25) is 4.90 Å². The molecule has 0 bridgehead atoms. The Morgan fingerprint density at radius 3 is 3.13 bits per heavy atom. The van der Waals surface area contributed by atoms with Gasteiger partial charge in [-0.05, 0) is 47.2 Å². The van der Waals surface area contributed by atoms with Crippen LogP contribution < -0.4 is 4.74 Å². The van der Waals surface area contributed by atoms with Crippen LogP contribution in [-0.4, -0.2) is 41.8 Å². The molecule has 1 aliphatic carbocycles. The van der Waals surface area contributed by atoms with Gasteiger partial charge in [-0.2, -0.15) is 11.3 Å². The Kier molecular flexibility index (Phi) is 4.60. The molecule has 1 saturated carbocycles. The van der Waals surface area contributed by atoms with E-state index >= 15 is 0 Å². The molecule has 122 valence electrons. The fraction of sp³-hybridized carbons (Fsp3) is 0.500. The lowest BCUT2D eigenvalue weighted by Crippen LogP contribution is -2.47. The summed E-state index contributed by atoms with van der Waals surface area (Å²) >= 11 is 1.77. The molecule has 1 saturated heterocycles. The minimum atomic E-state index is 0.361. The Labute approximate surface area is 141 Å². The largest absolute Gasteiger partial charge is 0.477 e.